The molecule has 3 heterocycles. The van der Waals surface area contributed by atoms with Crippen LogP contribution in [-0.2, 0) is 18.4 Å². The highest BCUT2D eigenvalue weighted by Crippen LogP contribution is 2.63. The largest absolute Gasteiger partial charge is 0.481 e. The number of nitrogens with zero attached hydrogens (tertiary/aromatic N) is 3. The number of carbonyl (C=O) groups is 2. The summed E-state index contributed by atoms with van der Waals surface area (Å²) < 4.78 is 3.42. The fourth-order valence-electron chi connectivity index (χ4n) is 4.73. The molecule has 184 valence electrons. The zero-order valence-electron chi connectivity index (χ0n) is 19.0. The van der Waals surface area contributed by atoms with Gasteiger partial charge in [-0.25, -0.2) is 0 Å². The minimum Gasteiger partial charge on any atom is -0.481 e. The number of nitrogens with one attached hydrogen (secondary N) is 1. The number of anilines is 1. The second-order valence-electron chi connectivity index (χ2n) is 9.53. The maximum Gasteiger partial charge on any atom is 0.312 e. The molecule has 9 nitrogen and oxygen atoms in total. The van der Waals surface area contributed by atoms with E-state index in [1.54, 1.807) is 37.5 Å². The first kappa shape index (κ1) is 23.8. The van der Waals surface area contributed by atoms with Gasteiger partial charge in [-0.1, -0.05) is 11.6 Å². The number of pyridine rings is 1. The van der Waals surface area contributed by atoms with Crippen LogP contribution in [0.5, 0.6) is 0 Å². The van der Waals surface area contributed by atoms with Crippen molar-refractivity contribution in [2.45, 2.75) is 32.2 Å². The summed E-state index contributed by atoms with van der Waals surface area (Å²) >= 11 is 7.47. The van der Waals surface area contributed by atoms with Crippen molar-refractivity contribution in [3.05, 3.63) is 56.1 Å². The highest BCUT2D eigenvalue weighted by atomic mass is 35.5. The van der Waals surface area contributed by atoms with Crippen LogP contribution < -0.4 is 10.9 Å². The van der Waals surface area contributed by atoms with Crippen molar-refractivity contribution in [2.75, 3.05) is 11.9 Å². The van der Waals surface area contributed by atoms with Gasteiger partial charge in [0, 0.05) is 24.2 Å². The van der Waals surface area contributed by atoms with Gasteiger partial charge in [0.2, 0.25) is 0 Å². The molecule has 3 aromatic rings. The number of carboxylic acids is 1. The van der Waals surface area contributed by atoms with Gasteiger partial charge in [0.15, 0.2) is 0 Å². The van der Waals surface area contributed by atoms with Gasteiger partial charge in [0.05, 0.1) is 33.9 Å². The topological polar surface area (TPSA) is 126 Å². The predicted molar refractivity (Wildman–Crippen MR) is 132 cm³/mol. The molecular formula is C24H25ClN4O5S. The lowest BCUT2D eigenvalue weighted by Gasteiger charge is -2.17. The van der Waals surface area contributed by atoms with E-state index in [0.717, 1.165) is 4.88 Å². The molecule has 0 saturated heterocycles. The maximum atomic E-state index is 13.7. The first-order valence-corrected chi connectivity index (χ1v) is 12.5. The first-order valence-electron chi connectivity index (χ1n) is 11.3. The lowest BCUT2D eigenvalue weighted by molar-refractivity contribution is -0.145. The van der Waals surface area contributed by atoms with Crippen molar-refractivity contribution in [2.24, 2.45) is 23.8 Å². The molecule has 3 aromatic heterocycles. The van der Waals surface area contributed by atoms with E-state index in [9.17, 15) is 24.6 Å². The predicted octanol–water partition coefficient (Wildman–Crippen LogP) is 3.47. The fraction of sp³-hybridized carbons (Fsp3) is 0.417. The number of aliphatic hydroxyl groups is 1. The molecule has 2 aliphatic rings. The Morgan fingerprint density at radius 3 is 2.69 bits per heavy atom. The molecule has 5 rings (SSSR count). The van der Waals surface area contributed by atoms with E-state index in [2.05, 4.69) is 10.4 Å². The molecule has 2 saturated carbocycles. The van der Waals surface area contributed by atoms with Gasteiger partial charge >= 0.3 is 5.97 Å². The van der Waals surface area contributed by atoms with E-state index < -0.39 is 23.4 Å². The second kappa shape index (κ2) is 8.61. The quantitative estimate of drug-likeness (QED) is 0.397. The van der Waals surface area contributed by atoms with E-state index in [4.69, 9.17) is 11.6 Å². The highest BCUT2D eigenvalue weighted by molar-refractivity contribution is 7.16. The standard InChI is InChI=1S/C24H25ClN4O5S/c1-28-8-2-3-16(20(28)31)17-9-19(26-12-15-4-5-18(25)35-15)29(27-17)21(32)23(6-7-23)10-14-11-24(14,13-30)22(33)34/h2-5,8-9,14,26,30H,6-7,10-13H2,1H3,(H,33,34). The Labute approximate surface area is 210 Å². The maximum absolute atomic E-state index is 13.7. The van der Waals surface area contributed by atoms with E-state index in [-0.39, 0.29) is 17.4 Å². The lowest BCUT2D eigenvalue weighted by atomic mass is 9.93. The summed E-state index contributed by atoms with van der Waals surface area (Å²) in [6.45, 7) is -0.0124. The van der Waals surface area contributed by atoms with Gasteiger partial charge < -0.3 is 20.1 Å². The number of rotatable bonds is 9. The Kier molecular flexibility index (Phi) is 5.85. The van der Waals surface area contributed by atoms with E-state index in [1.165, 1.54) is 20.6 Å². The lowest BCUT2D eigenvalue weighted by Crippen LogP contribution is -2.29. The number of carboxylic acid groups (broad SMARTS) is 1. The number of aryl methyl sites for hydroxylation is 1. The number of halogens is 1. The number of hydrogen-bond donors (Lipinski definition) is 3. The first-order chi connectivity index (χ1) is 16.7. The SMILES string of the molecule is Cn1cccc(-c2cc(NCc3ccc(Cl)s3)n(C(=O)C3(CC4CC4(CO)C(=O)O)CC3)n2)c1=O. The molecule has 0 radical (unpaired) electrons. The van der Waals surface area contributed by atoms with Gasteiger partial charge in [-0.05, 0) is 55.9 Å². The summed E-state index contributed by atoms with van der Waals surface area (Å²) in [4.78, 5) is 39.1. The average molecular weight is 517 g/mol. The molecule has 0 spiro atoms. The molecule has 2 atom stereocenters. The molecule has 0 amide bonds. The molecule has 2 unspecified atom stereocenters. The van der Waals surface area contributed by atoms with Crippen molar-refractivity contribution >= 4 is 40.6 Å². The van der Waals surface area contributed by atoms with Crippen LogP contribution in [0.3, 0.4) is 0 Å². The Hall–Kier alpha value is -2.95. The zero-order valence-corrected chi connectivity index (χ0v) is 20.6. The van der Waals surface area contributed by atoms with Crippen molar-refractivity contribution in [3.63, 3.8) is 0 Å². The van der Waals surface area contributed by atoms with Crippen LogP contribution in [-0.4, -0.2) is 43.0 Å². The van der Waals surface area contributed by atoms with Crippen LogP contribution in [0, 0.1) is 16.7 Å². The Morgan fingerprint density at radius 2 is 2.09 bits per heavy atom. The van der Waals surface area contributed by atoms with E-state index in [0.29, 0.717) is 53.6 Å². The van der Waals surface area contributed by atoms with Crippen LogP contribution in [0.2, 0.25) is 4.34 Å². The van der Waals surface area contributed by atoms with Gasteiger partial charge in [0.1, 0.15) is 11.5 Å². The number of hydrogen-bond acceptors (Lipinski definition) is 7. The summed E-state index contributed by atoms with van der Waals surface area (Å²) in [6.07, 6.45) is 3.67. The number of thiophene rings is 1. The van der Waals surface area contributed by atoms with Crippen LogP contribution in [0.15, 0.2) is 41.3 Å². The average Bonchev–Trinajstić information content (AvgIpc) is 3.67. The molecule has 3 N–H and O–H groups in total. The third kappa shape index (κ3) is 4.19. The van der Waals surface area contributed by atoms with Gasteiger partial charge in [0.25, 0.3) is 11.5 Å². The van der Waals surface area contributed by atoms with Crippen molar-refractivity contribution in [3.8, 4) is 11.3 Å². The summed E-state index contributed by atoms with van der Waals surface area (Å²) in [6, 6.07) is 8.80. The monoisotopic (exact) mass is 516 g/mol. The molecule has 2 fully saturated rings. The van der Waals surface area contributed by atoms with Crippen LogP contribution in [0.4, 0.5) is 5.82 Å². The summed E-state index contributed by atoms with van der Waals surface area (Å²) in [5.41, 5.74) is -1.34. The van der Waals surface area contributed by atoms with E-state index in [1.807, 2.05) is 6.07 Å². The minimum absolute atomic E-state index is 0.227. The highest BCUT2D eigenvalue weighted by Gasteiger charge is 2.65. The van der Waals surface area contributed by atoms with Gasteiger partial charge in [-0.15, -0.1) is 11.3 Å². The zero-order chi connectivity index (χ0) is 25.0. The van der Waals surface area contributed by atoms with Gasteiger partial charge in [-0.3, -0.25) is 14.4 Å². The molecule has 11 heteroatoms. The molecule has 0 aliphatic heterocycles. The smallest absolute Gasteiger partial charge is 0.312 e. The van der Waals surface area contributed by atoms with Crippen molar-refractivity contribution < 1.29 is 19.8 Å². The number of aromatic nitrogens is 3. The summed E-state index contributed by atoms with van der Waals surface area (Å²) in [5.74, 6) is -1.05. The second-order valence-corrected chi connectivity index (χ2v) is 11.3. The normalized spacial score (nSPS) is 22.1. The number of aliphatic carboxylic acids is 1. The molecular weight excluding hydrogens is 492 g/mol. The third-order valence-electron chi connectivity index (χ3n) is 7.26. The Morgan fingerprint density at radius 1 is 1.31 bits per heavy atom. The molecule has 2 aliphatic carbocycles. The van der Waals surface area contributed by atoms with Crippen molar-refractivity contribution in [1.82, 2.24) is 14.3 Å². The number of carbonyl (C=O) groups excluding carboxylic acids is 1. The molecule has 0 bridgehead atoms. The van der Waals surface area contributed by atoms with E-state index >= 15 is 0 Å². The van der Waals surface area contributed by atoms with Gasteiger partial charge in [-0.2, -0.15) is 9.78 Å². The molecule has 0 aromatic carbocycles. The van der Waals surface area contributed by atoms with Crippen LogP contribution >= 0.6 is 22.9 Å². The molecule has 35 heavy (non-hydrogen) atoms. The summed E-state index contributed by atoms with van der Waals surface area (Å²) in [7, 11) is 1.65. The Bertz CT molecular complexity index is 1370. The fourth-order valence-corrected chi connectivity index (χ4v) is 5.76. The Balaban J connectivity index is 1.46. The minimum atomic E-state index is -1.15. The van der Waals surface area contributed by atoms with Crippen molar-refractivity contribution in [1.29, 1.82) is 0 Å². The van der Waals surface area contributed by atoms with Crippen LogP contribution in [0.25, 0.3) is 11.3 Å². The number of aliphatic hydroxyl groups excluding tert-OH is 1. The van der Waals surface area contributed by atoms with Crippen LogP contribution in [0.1, 0.15) is 35.4 Å². The summed E-state index contributed by atoms with van der Waals surface area (Å²) in [5, 5.41) is 27.0. The third-order valence-corrected chi connectivity index (χ3v) is 8.49.